The highest BCUT2D eigenvalue weighted by atomic mass is 19.4. The predicted octanol–water partition coefficient (Wildman–Crippen LogP) is 4.48. The number of ether oxygens (including phenoxy) is 1. The van der Waals surface area contributed by atoms with Gasteiger partial charge in [-0.2, -0.15) is 18.4 Å². The molecule has 10 heteroatoms. The predicted molar refractivity (Wildman–Crippen MR) is 114 cm³/mol. The quantitative estimate of drug-likeness (QED) is 0.624. The van der Waals surface area contributed by atoms with Gasteiger partial charge in [-0.05, 0) is 51.0 Å². The molecule has 0 radical (unpaired) electrons. The zero-order valence-electron chi connectivity index (χ0n) is 18.1. The van der Waals surface area contributed by atoms with Crippen LogP contribution in [0.25, 0.3) is 21.9 Å². The molecule has 2 unspecified atom stereocenters. The van der Waals surface area contributed by atoms with E-state index in [1.165, 1.54) is 0 Å². The number of hydroxylamine groups is 1. The van der Waals surface area contributed by atoms with Gasteiger partial charge < -0.3 is 14.1 Å². The Morgan fingerprint density at radius 1 is 1.30 bits per heavy atom. The molecule has 3 aromatic rings. The first-order valence-electron chi connectivity index (χ1n) is 10.7. The van der Waals surface area contributed by atoms with Crippen LogP contribution < -0.4 is 5.48 Å². The second-order valence-corrected chi connectivity index (χ2v) is 9.05. The summed E-state index contributed by atoms with van der Waals surface area (Å²) in [6.07, 6.45) is -0.190. The zero-order valence-corrected chi connectivity index (χ0v) is 18.1. The summed E-state index contributed by atoms with van der Waals surface area (Å²) in [6, 6.07) is 6.80. The Labute approximate surface area is 187 Å². The van der Waals surface area contributed by atoms with E-state index in [2.05, 4.69) is 25.9 Å². The molecule has 0 spiro atoms. The summed E-state index contributed by atoms with van der Waals surface area (Å²) in [6.45, 7) is 4.61. The highest BCUT2D eigenvalue weighted by Crippen LogP contribution is 2.38. The molecule has 172 valence electrons. The lowest BCUT2D eigenvalue weighted by Gasteiger charge is -2.37. The Morgan fingerprint density at radius 3 is 2.82 bits per heavy atom. The normalized spacial score (nSPS) is 22.8. The van der Waals surface area contributed by atoms with Gasteiger partial charge in [0.2, 0.25) is 5.76 Å². The second kappa shape index (κ2) is 7.71. The van der Waals surface area contributed by atoms with Crippen LogP contribution in [0.3, 0.4) is 0 Å². The van der Waals surface area contributed by atoms with Crippen molar-refractivity contribution in [3.05, 3.63) is 47.6 Å². The number of aromatic nitrogens is 3. The topological polar surface area (TPSA) is 85.0 Å². The molecule has 0 aliphatic carbocycles. The van der Waals surface area contributed by atoms with Gasteiger partial charge in [0.25, 0.3) is 0 Å². The zero-order chi connectivity index (χ0) is 23.4. The number of hydrogen-bond donors (Lipinski definition) is 1. The van der Waals surface area contributed by atoms with Crippen molar-refractivity contribution in [2.24, 2.45) is 0 Å². The van der Waals surface area contributed by atoms with Crippen LogP contribution in [0.15, 0.2) is 36.2 Å². The van der Waals surface area contributed by atoms with Crippen LogP contribution in [0.5, 0.6) is 0 Å². The van der Waals surface area contributed by atoms with Crippen molar-refractivity contribution in [1.29, 1.82) is 5.26 Å². The highest BCUT2D eigenvalue weighted by Gasteiger charge is 2.41. The number of rotatable bonds is 3. The van der Waals surface area contributed by atoms with Gasteiger partial charge >= 0.3 is 6.18 Å². The Hall–Kier alpha value is -3.16. The standard InChI is InChI=1S/C23H22F3N5O2/c1-22(2)10-15(5-6-32-22)31-20(9-14-8-19(33-30-14)23(24,25)26)29-18-12-28-17-4-3-13(11-27)7-16(17)21(18)31/h3-4,7-8,12,14-15,30H,5-6,9-10H2,1-2H3. The van der Waals surface area contributed by atoms with E-state index in [0.29, 0.717) is 29.9 Å². The average Bonchev–Trinajstić information content (AvgIpc) is 3.37. The monoisotopic (exact) mass is 457 g/mol. The minimum absolute atomic E-state index is 0.0264. The summed E-state index contributed by atoms with van der Waals surface area (Å²) in [5.74, 6) is -0.418. The number of imidazole rings is 1. The molecule has 2 atom stereocenters. The minimum atomic E-state index is -4.56. The van der Waals surface area contributed by atoms with Gasteiger partial charge in [0, 0.05) is 24.5 Å². The van der Waals surface area contributed by atoms with Crippen molar-refractivity contribution in [2.45, 2.75) is 57.0 Å². The molecule has 2 aliphatic rings. The molecule has 5 rings (SSSR count). The van der Waals surface area contributed by atoms with Crippen molar-refractivity contribution in [2.75, 3.05) is 6.61 Å². The number of pyridine rings is 1. The van der Waals surface area contributed by atoms with Crippen LogP contribution in [0.1, 0.15) is 44.1 Å². The molecule has 4 heterocycles. The summed E-state index contributed by atoms with van der Waals surface area (Å²) in [4.78, 5) is 13.9. The molecule has 7 nitrogen and oxygen atoms in total. The van der Waals surface area contributed by atoms with Gasteiger partial charge in [-0.15, -0.1) is 5.48 Å². The molecule has 2 aromatic heterocycles. The molecule has 0 saturated carbocycles. The molecule has 1 N–H and O–H groups in total. The van der Waals surface area contributed by atoms with E-state index in [9.17, 15) is 18.4 Å². The highest BCUT2D eigenvalue weighted by molar-refractivity contribution is 6.02. The van der Waals surface area contributed by atoms with Gasteiger partial charge in [0.1, 0.15) is 11.3 Å². The van der Waals surface area contributed by atoms with Crippen molar-refractivity contribution in [3.63, 3.8) is 0 Å². The Bertz CT molecular complexity index is 1310. The maximum atomic E-state index is 13.0. The van der Waals surface area contributed by atoms with Gasteiger partial charge in [-0.25, -0.2) is 4.98 Å². The van der Waals surface area contributed by atoms with E-state index >= 15 is 0 Å². The third-order valence-corrected chi connectivity index (χ3v) is 6.11. The number of benzene rings is 1. The molecule has 1 aromatic carbocycles. The van der Waals surface area contributed by atoms with Crippen LogP contribution >= 0.6 is 0 Å². The van der Waals surface area contributed by atoms with Crippen LogP contribution in [-0.2, 0) is 16.0 Å². The molecular formula is C23H22F3N5O2. The molecule has 1 saturated heterocycles. The lowest BCUT2D eigenvalue weighted by molar-refractivity contribution is -0.137. The van der Waals surface area contributed by atoms with Gasteiger partial charge in [-0.3, -0.25) is 4.98 Å². The van der Waals surface area contributed by atoms with Crippen LogP contribution in [0.2, 0.25) is 0 Å². The fraction of sp³-hybridized carbons (Fsp3) is 0.435. The summed E-state index contributed by atoms with van der Waals surface area (Å²) < 4.78 is 47.1. The SMILES string of the molecule is CC1(C)CC(n2c(CC3C=C(C(F)(F)F)ON3)nc3cnc4ccc(C#N)cc4c32)CCO1. The van der Waals surface area contributed by atoms with Crippen molar-refractivity contribution in [3.8, 4) is 6.07 Å². The second-order valence-electron chi connectivity index (χ2n) is 9.05. The molecule has 0 amide bonds. The number of allylic oxidation sites excluding steroid dienone is 1. The van der Waals surface area contributed by atoms with Gasteiger partial charge in [0.05, 0.1) is 40.5 Å². The first-order valence-corrected chi connectivity index (χ1v) is 10.7. The van der Waals surface area contributed by atoms with Crippen LogP contribution in [-0.4, -0.2) is 39.0 Å². The van der Waals surface area contributed by atoms with Gasteiger partial charge in [-0.1, -0.05) is 0 Å². The molecule has 1 fully saturated rings. The summed E-state index contributed by atoms with van der Waals surface area (Å²) in [5, 5.41) is 10.2. The Balaban J connectivity index is 1.66. The number of hydrogen-bond acceptors (Lipinski definition) is 6. The smallest absolute Gasteiger partial charge is 0.403 e. The molecule has 33 heavy (non-hydrogen) atoms. The summed E-state index contributed by atoms with van der Waals surface area (Å²) in [7, 11) is 0. The van der Waals surface area contributed by atoms with E-state index in [1.54, 1.807) is 24.4 Å². The van der Waals surface area contributed by atoms with Crippen molar-refractivity contribution in [1.82, 2.24) is 20.0 Å². The van der Waals surface area contributed by atoms with Gasteiger partial charge in [0.15, 0.2) is 0 Å². The van der Waals surface area contributed by atoms with E-state index in [0.717, 1.165) is 28.9 Å². The molecule has 2 aliphatic heterocycles. The number of nitriles is 1. The lowest BCUT2D eigenvalue weighted by Crippen LogP contribution is -2.36. The van der Waals surface area contributed by atoms with Crippen molar-refractivity contribution < 1.29 is 22.7 Å². The van der Waals surface area contributed by atoms with E-state index in [1.807, 2.05) is 13.8 Å². The number of nitrogens with zero attached hydrogens (tertiary/aromatic N) is 4. The minimum Gasteiger partial charge on any atom is -0.403 e. The van der Waals surface area contributed by atoms with E-state index in [4.69, 9.17) is 9.72 Å². The van der Waals surface area contributed by atoms with E-state index < -0.39 is 18.0 Å². The first kappa shape index (κ1) is 21.7. The van der Waals surface area contributed by atoms with Crippen LogP contribution in [0, 0.1) is 11.3 Å². The number of nitrogens with one attached hydrogen (secondary N) is 1. The maximum absolute atomic E-state index is 13.0. The third-order valence-electron chi connectivity index (χ3n) is 6.11. The van der Waals surface area contributed by atoms with Crippen LogP contribution in [0.4, 0.5) is 13.2 Å². The maximum Gasteiger partial charge on any atom is 0.451 e. The Kier molecular flexibility index (Phi) is 5.06. The fourth-order valence-corrected chi connectivity index (χ4v) is 4.69. The van der Waals surface area contributed by atoms with Crippen molar-refractivity contribution >= 4 is 21.9 Å². The summed E-state index contributed by atoms with van der Waals surface area (Å²) >= 11 is 0. The average molecular weight is 457 g/mol. The third kappa shape index (κ3) is 4.03. The summed E-state index contributed by atoms with van der Waals surface area (Å²) in [5.41, 5.74) is 4.80. The first-order chi connectivity index (χ1) is 15.6. The molecule has 0 bridgehead atoms. The largest absolute Gasteiger partial charge is 0.451 e. The number of fused-ring (bicyclic) bond motifs is 3. The Morgan fingerprint density at radius 2 is 2.12 bits per heavy atom. The number of halogens is 3. The van der Waals surface area contributed by atoms with E-state index in [-0.39, 0.29) is 18.1 Å². The fourth-order valence-electron chi connectivity index (χ4n) is 4.69. The molecular weight excluding hydrogens is 435 g/mol. The lowest BCUT2D eigenvalue weighted by atomic mass is 9.93. The number of alkyl halides is 3.